The number of nitrogens with zero attached hydrogens (tertiary/aromatic N) is 2. The van der Waals surface area contributed by atoms with Crippen molar-refractivity contribution in [2.75, 3.05) is 12.8 Å². The highest BCUT2D eigenvalue weighted by Gasteiger charge is 2.16. The number of rotatable bonds is 2. The zero-order valence-corrected chi connectivity index (χ0v) is 7.94. The number of methoxy groups -OCH3 is 1. The van der Waals surface area contributed by atoms with Crippen LogP contribution in [-0.4, -0.2) is 22.9 Å². The number of anilines is 1. The van der Waals surface area contributed by atoms with Crippen LogP contribution in [0.5, 0.6) is 0 Å². The molecular formula is C8H13N3O2. The van der Waals surface area contributed by atoms with Crippen molar-refractivity contribution in [3.8, 4) is 0 Å². The van der Waals surface area contributed by atoms with E-state index in [0.717, 1.165) is 5.69 Å². The Morgan fingerprint density at radius 3 is 2.77 bits per heavy atom. The molecule has 1 heterocycles. The average molecular weight is 183 g/mol. The van der Waals surface area contributed by atoms with Crippen LogP contribution in [0.25, 0.3) is 0 Å². The van der Waals surface area contributed by atoms with Crippen molar-refractivity contribution in [2.45, 2.75) is 19.9 Å². The molecule has 72 valence electrons. The van der Waals surface area contributed by atoms with E-state index in [4.69, 9.17) is 5.73 Å². The highest BCUT2D eigenvalue weighted by Crippen LogP contribution is 2.12. The van der Waals surface area contributed by atoms with Crippen molar-refractivity contribution in [3.05, 3.63) is 11.9 Å². The number of aryl methyl sites for hydroxylation is 1. The Kier molecular flexibility index (Phi) is 2.55. The van der Waals surface area contributed by atoms with E-state index in [1.165, 1.54) is 11.8 Å². The van der Waals surface area contributed by atoms with Gasteiger partial charge in [0, 0.05) is 6.20 Å². The van der Waals surface area contributed by atoms with Crippen molar-refractivity contribution in [1.82, 2.24) is 9.78 Å². The summed E-state index contributed by atoms with van der Waals surface area (Å²) in [5, 5.41) is 4.07. The first-order valence-corrected chi connectivity index (χ1v) is 3.95. The third-order valence-corrected chi connectivity index (χ3v) is 1.89. The van der Waals surface area contributed by atoms with E-state index in [1.807, 2.05) is 0 Å². The standard InChI is InChI=1S/C8H13N3O2/c1-5-7(9)4-11(10-5)6(2)8(12)13-3/h4,6H,9H2,1-3H3. The fraction of sp³-hybridized carbons (Fsp3) is 0.500. The van der Waals surface area contributed by atoms with Gasteiger partial charge in [-0.3, -0.25) is 4.68 Å². The van der Waals surface area contributed by atoms with E-state index in [0.29, 0.717) is 5.69 Å². The second-order valence-electron chi connectivity index (χ2n) is 2.85. The van der Waals surface area contributed by atoms with Gasteiger partial charge in [0.2, 0.25) is 0 Å². The molecule has 0 amide bonds. The molecule has 13 heavy (non-hydrogen) atoms. The van der Waals surface area contributed by atoms with Crippen LogP contribution in [0.1, 0.15) is 18.7 Å². The Morgan fingerprint density at radius 1 is 1.77 bits per heavy atom. The van der Waals surface area contributed by atoms with Crippen molar-refractivity contribution in [2.24, 2.45) is 0 Å². The lowest BCUT2D eigenvalue weighted by molar-refractivity contribution is -0.144. The van der Waals surface area contributed by atoms with E-state index in [2.05, 4.69) is 9.84 Å². The van der Waals surface area contributed by atoms with Gasteiger partial charge in [0.25, 0.3) is 0 Å². The summed E-state index contributed by atoms with van der Waals surface area (Å²) in [7, 11) is 1.35. The third kappa shape index (κ3) is 1.80. The number of hydrogen-bond donors (Lipinski definition) is 1. The molecule has 1 unspecified atom stereocenters. The van der Waals surface area contributed by atoms with E-state index < -0.39 is 6.04 Å². The minimum Gasteiger partial charge on any atom is -0.467 e. The van der Waals surface area contributed by atoms with Crippen LogP contribution in [0.15, 0.2) is 6.20 Å². The molecule has 0 radical (unpaired) electrons. The van der Waals surface area contributed by atoms with Gasteiger partial charge in [-0.25, -0.2) is 4.79 Å². The predicted molar refractivity (Wildman–Crippen MR) is 48.1 cm³/mol. The number of aromatic nitrogens is 2. The van der Waals surface area contributed by atoms with Crippen LogP contribution >= 0.6 is 0 Å². The van der Waals surface area contributed by atoms with Crippen LogP contribution in [0, 0.1) is 6.92 Å². The first-order valence-electron chi connectivity index (χ1n) is 3.95. The molecule has 0 saturated heterocycles. The lowest BCUT2D eigenvalue weighted by atomic mass is 10.3. The normalized spacial score (nSPS) is 12.5. The van der Waals surface area contributed by atoms with Gasteiger partial charge in [-0.15, -0.1) is 0 Å². The summed E-state index contributed by atoms with van der Waals surface area (Å²) in [4.78, 5) is 11.1. The molecule has 5 heteroatoms. The third-order valence-electron chi connectivity index (χ3n) is 1.89. The summed E-state index contributed by atoms with van der Waals surface area (Å²) < 4.78 is 6.07. The first-order chi connectivity index (χ1) is 6.06. The molecule has 1 aromatic heterocycles. The van der Waals surface area contributed by atoms with Crippen LogP contribution in [0.3, 0.4) is 0 Å². The second kappa shape index (κ2) is 3.47. The minimum absolute atomic E-state index is 0.331. The lowest BCUT2D eigenvalue weighted by Crippen LogP contribution is -2.18. The Labute approximate surface area is 76.5 Å². The molecule has 0 fully saturated rings. The molecular weight excluding hydrogens is 170 g/mol. The maximum absolute atomic E-state index is 11.1. The molecule has 0 aliphatic heterocycles. The molecule has 1 atom stereocenters. The zero-order chi connectivity index (χ0) is 10.0. The molecule has 0 bridgehead atoms. The summed E-state index contributed by atoms with van der Waals surface area (Å²) in [6, 6.07) is -0.430. The Bertz CT molecular complexity index is 300. The number of carbonyl (C=O) groups is 1. The van der Waals surface area contributed by atoms with Gasteiger partial charge >= 0.3 is 5.97 Å². The Balaban J connectivity index is 2.89. The number of nitrogen functional groups attached to an aromatic ring is 1. The fourth-order valence-corrected chi connectivity index (χ4v) is 0.973. The molecule has 0 aliphatic rings. The zero-order valence-electron chi connectivity index (χ0n) is 7.94. The summed E-state index contributed by atoms with van der Waals surface area (Å²) in [6.45, 7) is 3.49. The molecule has 1 rings (SSSR count). The van der Waals surface area contributed by atoms with Crippen molar-refractivity contribution in [3.63, 3.8) is 0 Å². The van der Waals surface area contributed by atoms with E-state index in [1.54, 1.807) is 20.0 Å². The second-order valence-corrected chi connectivity index (χ2v) is 2.85. The number of carbonyl (C=O) groups excluding carboxylic acids is 1. The number of hydrogen-bond acceptors (Lipinski definition) is 4. The number of nitrogens with two attached hydrogens (primary N) is 1. The monoisotopic (exact) mass is 183 g/mol. The molecule has 1 aromatic rings. The summed E-state index contributed by atoms with van der Waals surface area (Å²) in [5.41, 5.74) is 6.88. The van der Waals surface area contributed by atoms with E-state index in [-0.39, 0.29) is 5.97 Å². The van der Waals surface area contributed by atoms with E-state index in [9.17, 15) is 4.79 Å². The van der Waals surface area contributed by atoms with Gasteiger partial charge in [0.1, 0.15) is 6.04 Å². The van der Waals surface area contributed by atoms with Crippen LogP contribution < -0.4 is 5.73 Å². The van der Waals surface area contributed by atoms with Crippen molar-refractivity contribution >= 4 is 11.7 Å². The van der Waals surface area contributed by atoms with Gasteiger partial charge in [0.05, 0.1) is 18.5 Å². The molecule has 0 saturated carbocycles. The SMILES string of the molecule is COC(=O)C(C)n1cc(N)c(C)n1. The topological polar surface area (TPSA) is 70.1 Å². The fourth-order valence-electron chi connectivity index (χ4n) is 0.973. The van der Waals surface area contributed by atoms with Gasteiger partial charge in [-0.05, 0) is 13.8 Å². The van der Waals surface area contributed by atoms with Crippen LogP contribution in [-0.2, 0) is 9.53 Å². The maximum atomic E-state index is 11.1. The first kappa shape index (κ1) is 9.57. The summed E-state index contributed by atoms with van der Waals surface area (Å²) in [6.07, 6.45) is 1.62. The Hall–Kier alpha value is -1.52. The van der Waals surface area contributed by atoms with E-state index >= 15 is 0 Å². The highest BCUT2D eigenvalue weighted by atomic mass is 16.5. The van der Waals surface area contributed by atoms with Crippen LogP contribution in [0.2, 0.25) is 0 Å². The summed E-state index contributed by atoms with van der Waals surface area (Å²) >= 11 is 0. The molecule has 0 aliphatic carbocycles. The highest BCUT2D eigenvalue weighted by molar-refractivity contribution is 5.73. The molecule has 2 N–H and O–H groups in total. The quantitative estimate of drug-likeness (QED) is 0.678. The van der Waals surface area contributed by atoms with Gasteiger partial charge in [-0.1, -0.05) is 0 Å². The number of esters is 1. The number of ether oxygens (including phenoxy) is 1. The largest absolute Gasteiger partial charge is 0.467 e. The molecule has 0 spiro atoms. The molecule has 0 aromatic carbocycles. The van der Waals surface area contributed by atoms with Gasteiger partial charge in [0.15, 0.2) is 0 Å². The average Bonchev–Trinajstić information content (AvgIpc) is 2.44. The minimum atomic E-state index is -0.430. The molecule has 5 nitrogen and oxygen atoms in total. The van der Waals surface area contributed by atoms with Gasteiger partial charge < -0.3 is 10.5 Å². The predicted octanol–water partition coefficient (Wildman–Crippen LogP) is 0.508. The van der Waals surface area contributed by atoms with Crippen LogP contribution in [0.4, 0.5) is 5.69 Å². The Morgan fingerprint density at radius 2 is 2.38 bits per heavy atom. The smallest absolute Gasteiger partial charge is 0.330 e. The maximum Gasteiger partial charge on any atom is 0.330 e. The summed E-state index contributed by atoms with van der Waals surface area (Å²) in [5.74, 6) is -0.331. The van der Waals surface area contributed by atoms with Gasteiger partial charge in [-0.2, -0.15) is 5.10 Å². The van der Waals surface area contributed by atoms with Crippen molar-refractivity contribution < 1.29 is 9.53 Å². The van der Waals surface area contributed by atoms with Crippen molar-refractivity contribution in [1.29, 1.82) is 0 Å². The lowest BCUT2D eigenvalue weighted by Gasteiger charge is -2.08.